The average molecular weight is 549 g/mol. The van der Waals surface area contributed by atoms with Gasteiger partial charge in [0.05, 0.1) is 6.42 Å². The number of carbonyl (C=O) groups is 5. The third-order valence-corrected chi connectivity index (χ3v) is 6.33. The first-order valence-corrected chi connectivity index (χ1v) is 12.9. The number of nitrogens with one attached hydrogen (secondary N) is 1. The number of primary amides is 1. The van der Waals surface area contributed by atoms with Crippen LogP contribution in [0, 0.1) is 0 Å². The number of aliphatic carboxylic acids is 2. The van der Waals surface area contributed by atoms with E-state index in [0.29, 0.717) is 5.56 Å². The molecule has 3 aromatic carbocycles. The Hall–Kier alpha value is -4.73. The smallest absolute Gasteiger partial charge is 0.328 e. The summed E-state index contributed by atoms with van der Waals surface area (Å²) >= 11 is 0. The number of carbonyl (C=O) groups excluding carboxylic acids is 3. The van der Waals surface area contributed by atoms with Crippen LogP contribution >= 0.6 is 0 Å². The number of amides is 2. The predicted octanol–water partition coefficient (Wildman–Crippen LogP) is 3.24. The summed E-state index contributed by atoms with van der Waals surface area (Å²) < 4.78 is 5.66. The fourth-order valence-electron chi connectivity index (χ4n) is 4.40. The van der Waals surface area contributed by atoms with Crippen molar-refractivity contribution in [3.05, 3.63) is 83.4 Å². The second kappa shape index (κ2) is 14.4. The molecule has 0 saturated carbocycles. The molecule has 0 radical (unpaired) electrons. The number of hydrogen-bond donors (Lipinski definition) is 4. The van der Waals surface area contributed by atoms with Crippen LogP contribution in [0.5, 0.6) is 0 Å². The molecule has 0 saturated heterocycles. The van der Waals surface area contributed by atoms with Crippen molar-refractivity contribution in [1.29, 1.82) is 0 Å². The van der Waals surface area contributed by atoms with E-state index in [1.165, 1.54) is 6.07 Å². The Morgan fingerprint density at radius 1 is 0.850 bits per heavy atom. The van der Waals surface area contributed by atoms with Gasteiger partial charge in [-0.1, -0.05) is 60.7 Å². The van der Waals surface area contributed by atoms with Crippen molar-refractivity contribution in [2.24, 2.45) is 5.73 Å². The van der Waals surface area contributed by atoms with Gasteiger partial charge in [-0.05, 0) is 47.2 Å². The Morgan fingerprint density at radius 3 is 2.23 bits per heavy atom. The number of rotatable bonds is 15. The molecule has 2 atom stereocenters. The van der Waals surface area contributed by atoms with E-state index < -0.39 is 41.9 Å². The normalized spacial score (nSPS) is 12.3. The number of nitrogens with two attached hydrogens (primary N) is 1. The maximum absolute atomic E-state index is 13.3. The highest BCUT2D eigenvalue weighted by Gasteiger charge is 2.27. The van der Waals surface area contributed by atoms with E-state index in [0.717, 1.165) is 16.3 Å². The first-order valence-electron chi connectivity index (χ1n) is 12.9. The molecule has 3 aromatic rings. The number of aryl methyl sites for hydroxylation is 1. The summed E-state index contributed by atoms with van der Waals surface area (Å²) in [6.07, 6.45) is -1.18. The minimum Gasteiger partial charge on any atom is -0.481 e. The van der Waals surface area contributed by atoms with Gasteiger partial charge in [-0.15, -0.1) is 0 Å². The molecule has 3 rings (SSSR count). The van der Waals surface area contributed by atoms with Gasteiger partial charge in [0.1, 0.15) is 12.1 Å². The highest BCUT2D eigenvalue weighted by molar-refractivity contribution is 5.98. The van der Waals surface area contributed by atoms with Crippen LogP contribution in [-0.2, 0) is 36.8 Å². The number of hydrogen-bond acceptors (Lipinski definition) is 6. The maximum atomic E-state index is 13.3. The van der Waals surface area contributed by atoms with E-state index in [2.05, 4.69) is 5.32 Å². The minimum atomic E-state index is -1.20. The van der Waals surface area contributed by atoms with Gasteiger partial charge in [-0.3, -0.25) is 19.2 Å². The van der Waals surface area contributed by atoms with Gasteiger partial charge in [0.2, 0.25) is 5.91 Å². The zero-order chi connectivity index (χ0) is 29.1. The van der Waals surface area contributed by atoms with Crippen LogP contribution in [0.2, 0.25) is 0 Å². The third-order valence-electron chi connectivity index (χ3n) is 6.33. The molecule has 10 nitrogen and oxygen atoms in total. The Balaban J connectivity index is 1.78. The van der Waals surface area contributed by atoms with Crippen molar-refractivity contribution >= 4 is 40.5 Å². The van der Waals surface area contributed by atoms with Gasteiger partial charge in [-0.2, -0.15) is 0 Å². The molecule has 0 unspecified atom stereocenters. The molecule has 0 spiro atoms. The van der Waals surface area contributed by atoms with Gasteiger partial charge in [0, 0.05) is 24.8 Å². The Morgan fingerprint density at radius 2 is 1.52 bits per heavy atom. The standard InChI is InChI=1S/C30H32N2O8/c31-26(33)18-23(17-19-12-13-20-6-1-2-8-22(20)16-19)40-30(39)25(10-5-11-27(34)35)32-29(38)24-9-4-3-7-21(24)14-15-28(36)37/h1-4,6-9,12-13,16,23,25H,5,10-11,14-15,17-18H2,(H2,31,33)(H,32,38)(H,34,35)(H,36,37)/t23-,25-/m0/s1. The molecule has 0 heterocycles. The average Bonchev–Trinajstić information content (AvgIpc) is 2.90. The quantitative estimate of drug-likeness (QED) is 0.209. The zero-order valence-corrected chi connectivity index (χ0v) is 21.9. The van der Waals surface area contributed by atoms with Crippen molar-refractivity contribution in [3.8, 4) is 0 Å². The molecule has 2 amide bonds. The predicted molar refractivity (Wildman–Crippen MR) is 146 cm³/mol. The Kier molecular flexibility index (Phi) is 10.8. The molecule has 0 bridgehead atoms. The first-order chi connectivity index (χ1) is 19.1. The topological polar surface area (TPSA) is 173 Å². The highest BCUT2D eigenvalue weighted by Crippen LogP contribution is 2.19. The van der Waals surface area contributed by atoms with Gasteiger partial charge in [0.25, 0.3) is 5.91 Å². The van der Waals surface area contributed by atoms with Crippen LogP contribution in [0.4, 0.5) is 0 Å². The number of benzene rings is 3. The lowest BCUT2D eigenvalue weighted by Crippen LogP contribution is -2.44. The van der Waals surface area contributed by atoms with Crippen LogP contribution in [-0.4, -0.2) is 52.1 Å². The number of esters is 1. The van der Waals surface area contributed by atoms with Crippen molar-refractivity contribution in [2.75, 3.05) is 0 Å². The lowest BCUT2D eigenvalue weighted by molar-refractivity contribution is -0.153. The SMILES string of the molecule is NC(=O)C[C@H](Cc1ccc2ccccc2c1)OC(=O)[C@H](CCCC(=O)O)NC(=O)c1ccccc1CCC(=O)O. The number of ether oxygens (including phenoxy) is 1. The molecule has 10 heteroatoms. The lowest BCUT2D eigenvalue weighted by atomic mass is 10.0. The number of fused-ring (bicyclic) bond motifs is 1. The number of carboxylic acids is 2. The second-order valence-corrected chi connectivity index (χ2v) is 9.48. The van der Waals surface area contributed by atoms with E-state index in [9.17, 15) is 24.0 Å². The maximum Gasteiger partial charge on any atom is 0.328 e. The van der Waals surface area contributed by atoms with E-state index in [1.54, 1.807) is 18.2 Å². The summed E-state index contributed by atoms with van der Waals surface area (Å²) in [5, 5.41) is 22.7. The minimum absolute atomic E-state index is 0.0204. The molecular formula is C30H32N2O8. The summed E-state index contributed by atoms with van der Waals surface area (Å²) in [4.78, 5) is 60.3. The van der Waals surface area contributed by atoms with Crippen molar-refractivity contribution in [1.82, 2.24) is 5.32 Å². The molecule has 210 valence electrons. The van der Waals surface area contributed by atoms with Gasteiger partial charge < -0.3 is 26.0 Å². The molecular weight excluding hydrogens is 516 g/mol. The summed E-state index contributed by atoms with van der Waals surface area (Å²) in [5.41, 5.74) is 6.92. The Labute approximate surface area is 231 Å². The van der Waals surface area contributed by atoms with Crippen molar-refractivity contribution in [2.45, 2.75) is 57.1 Å². The molecule has 0 aliphatic heterocycles. The van der Waals surface area contributed by atoms with E-state index in [4.69, 9.17) is 20.7 Å². The van der Waals surface area contributed by atoms with Crippen molar-refractivity contribution < 1.29 is 38.9 Å². The molecule has 40 heavy (non-hydrogen) atoms. The summed E-state index contributed by atoms with van der Waals surface area (Å²) in [6, 6.07) is 18.7. The molecule has 0 aliphatic rings. The second-order valence-electron chi connectivity index (χ2n) is 9.48. The van der Waals surface area contributed by atoms with E-state index >= 15 is 0 Å². The van der Waals surface area contributed by atoms with E-state index in [-0.39, 0.29) is 50.5 Å². The lowest BCUT2D eigenvalue weighted by Gasteiger charge is -2.23. The fraction of sp³-hybridized carbons (Fsp3) is 0.300. The van der Waals surface area contributed by atoms with Crippen LogP contribution in [0.25, 0.3) is 10.8 Å². The summed E-state index contributed by atoms with van der Waals surface area (Å²) in [5.74, 6) is -4.19. The fourth-order valence-corrected chi connectivity index (χ4v) is 4.40. The van der Waals surface area contributed by atoms with Gasteiger partial charge in [0.15, 0.2) is 0 Å². The first kappa shape index (κ1) is 29.8. The van der Waals surface area contributed by atoms with Crippen LogP contribution in [0.1, 0.15) is 53.6 Å². The van der Waals surface area contributed by atoms with Crippen LogP contribution in [0.15, 0.2) is 66.7 Å². The summed E-state index contributed by atoms with van der Waals surface area (Å²) in [6.45, 7) is 0. The largest absolute Gasteiger partial charge is 0.481 e. The van der Waals surface area contributed by atoms with Crippen LogP contribution < -0.4 is 11.1 Å². The number of carboxylic acid groups (broad SMARTS) is 2. The van der Waals surface area contributed by atoms with E-state index in [1.807, 2.05) is 42.5 Å². The zero-order valence-electron chi connectivity index (χ0n) is 21.9. The third kappa shape index (κ3) is 9.23. The Bertz CT molecular complexity index is 1390. The monoisotopic (exact) mass is 548 g/mol. The molecule has 0 aromatic heterocycles. The molecule has 5 N–H and O–H groups in total. The highest BCUT2D eigenvalue weighted by atomic mass is 16.5. The molecule has 0 fully saturated rings. The van der Waals surface area contributed by atoms with Gasteiger partial charge >= 0.3 is 17.9 Å². The van der Waals surface area contributed by atoms with Crippen molar-refractivity contribution in [3.63, 3.8) is 0 Å². The summed E-state index contributed by atoms with van der Waals surface area (Å²) in [7, 11) is 0. The van der Waals surface area contributed by atoms with Gasteiger partial charge in [-0.25, -0.2) is 4.79 Å². The van der Waals surface area contributed by atoms with Crippen LogP contribution in [0.3, 0.4) is 0 Å². The molecule has 0 aliphatic carbocycles.